The molecule has 0 radical (unpaired) electrons. The van der Waals surface area contributed by atoms with Crippen LogP contribution in [0, 0.1) is 0 Å². The van der Waals surface area contributed by atoms with E-state index in [1.807, 2.05) is 24.1 Å². The third-order valence-electron chi connectivity index (χ3n) is 4.21. The van der Waals surface area contributed by atoms with Gasteiger partial charge in [-0.1, -0.05) is 0 Å². The molecule has 0 bridgehead atoms. The van der Waals surface area contributed by atoms with Crippen molar-refractivity contribution < 1.29 is 4.74 Å². The van der Waals surface area contributed by atoms with E-state index in [0.29, 0.717) is 6.04 Å². The summed E-state index contributed by atoms with van der Waals surface area (Å²) in [5.74, 6) is 1.04. The number of rotatable bonds is 3. The molecule has 1 aromatic rings. The van der Waals surface area contributed by atoms with E-state index in [9.17, 15) is 0 Å². The second-order valence-corrected chi connectivity index (χ2v) is 5.82. The predicted octanol–water partition coefficient (Wildman–Crippen LogP) is 1.93. The summed E-state index contributed by atoms with van der Waals surface area (Å²) >= 11 is 0. The molecule has 3 rings (SSSR count). The van der Waals surface area contributed by atoms with Crippen LogP contribution in [0.1, 0.15) is 37.9 Å². The molecule has 6 nitrogen and oxygen atoms in total. The number of guanidine groups is 1. The first-order valence-corrected chi connectivity index (χ1v) is 7.92. The van der Waals surface area contributed by atoms with Gasteiger partial charge in [0.05, 0.1) is 19.3 Å². The van der Waals surface area contributed by atoms with E-state index in [0.717, 1.165) is 37.8 Å². The van der Waals surface area contributed by atoms with Gasteiger partial charge in [0.2, 0.25) is 0 Å². The van der Waals surface area contributed by atoms with Crippen molar-refractivity contribution in [3.05, 3.63) is 18.0 Å². The van der Waals surface area contributed by atoms with Gasteiger partial charge >= 0.3 is 0 Å². The Hall–Kier alpha value is -0.830. The minimum Gasteiger partial charge on any atom is -0.370 e. The van der Waals surface area contributed by atoms with E-state index in [-0.39, 0.29) is 30.1 Å². The van der Waals surface area contributed by atoms with Crippen LogP contribution in [0.3, 0.4) is 0 Å². The van der Waals surface area contributed by atoms with Gasteiger partial charge in [-0.05, 0) is 26.2 Å². The maximum Gasteiger partial charge on any atom is 0.194 e. The van der Waals surface area contributed by atoms with Crippen LogP contribution in [-0.2, 0) is 11.8 Å². The average molecular weight is 419 g/mol. The lowest BCUT2D eigenvalue weighted by atomic mass is 9.93. The van der Waals surface area contributed by atoms with Crippen molar-refractivity contribution in [2.75, 3.05) is 26.2 Å². The average Bonchev–Trinajstić information content (AvgIpc) is 2.88. The lowest BCUT2D eigenvalue weighted by molar-refractivity contribution is -0.00845. The number of nitrogens with one attached hydrogen (secondary N) is 1. The molecular formula is C15H26IN5O. The maximum atomic E-state index is 5.90. The summed E-state index contributed by atoms with van der Waals surface area (Å²) in [5.41, 5.74) is 1.14. The smallest absolute Gasteiger partial charge is 0.194 e. The zero-order valence-corrected chi connectivity index (χ0v) is 15.7. The van der Waals surface area contributed by atoms with Crippen LogP contribution in [0.15, 0.2) is 17.4 Å². The number of hydrogen-bond acceptors (Lipinski definition) is 3. The van der Waals surface area contributed by atoms with E-state index in [1.165, 1.54) is 19.3 Å². The Balaban J connectivity index is 0.00000176. The number of ether oxygens (including phenoxy) is 1. The lowest BCUT2D eigenvalue weighted by Crippen LogP contribution is -2.52. The van der Waals surface area contributed by atoms with Crippen LogP contribution >= 0.6 is 24.0 Å². The molecule has 2 heterocycles. The molecule has 22 heavy (non-hydrogen) atoms. The van der Waals surface area contributed by atoms with Gasteiger partial charge in [-0.15, -0.1) is 24.0 Å². The van der Waals surface area contributed by atoms with Crippen LogP contribution in [0.4, 0.5) is 0 Å². The van der Waals surface area contributed by atoms with Crippen LogP contribution < -0.4 is 5.32 Å². The van der Waals surface area contributed by atoms with Crippen LogP contribution in [-0.4, -0.2) is 52.9 Å². The minimum atomic E-state index is 0. The summed E-state index contributed by atoms with van der Waals surface area (Å²) in [5, 5.41) is 7.84. The zero-order valence-electron chi connectivity index (χ0n) is 13.4. The fourth-order valence-corrected chi connectivity index (χ4v) is 2.77. The summed E-state index contributed by atoms with van der Waals surface area (Å²) in [6.45, 7) is 5.36. The first-order valence-electron chi connectivity index (χ1n) is 7.92. The summed E-state index contributed by atoms with van der Waals surface area (Å²) in [7, 11) is 1.94. The van der Waals surface area contributed by atoms with E-state index in [2.05, 4.69) is 27.2 Å². The van der Waals surface area contributed by atoms with Gasteiger partial charge in [0.1, 0.15) is 6.10 Å². The molecule has 0 spiro atoms. The molecule has 0 amide bonds. The molecule has 0 aromatic carbocycles. The van der Waals surface area contributed by atoms with E-state index in [4.69, 9.17) is 4.74 Å². The summed E-state index contributed by atoms with van der Waals surface area (Å²) in [4.78, 5) is 6.98. The predicted molar refractivity (Wildman–Crippen MR) is 97.6 cm³/mol. The number of aliphatic imine (C=N–C) groups is 1. The number of aryl methyl sites for hydroxylation is 1. The van der Waals surface area contributed by atoms with Crippen molar-refractivity contribution in [1.82, 2.24) is 20.0 Å². The van der Waals surface area contributed by atoms with E-state index in [1.54, 1.807) is 0 Å². The first kappa shape index (κ1) is 17.5. The molecule has 7 heteroatoms. The third-order valence-corrected chi connectivity index (χ3v) is 4.21. The largest absolute Gasteiger partial charge is 0.370 e. The molecule has 1 aliphatic heterocycles. The van der Waals surface area contributed by atoms with Crippen molar-refractivity contribution in [3.63, 3.8) is 0 Å². The molecule has 124 valence electrons. The maximum absolute atomic E-state index is 5.90. The fourth-order valence-electron chi connectivity index (χ4n) is 2.77. The number of aromatic nitrogens is 2. The number of hydrogen-bond donors (Lipinski definition) is 1. The molecule has 1 atom stereocenters. The van der Waals surface area contributed by atoms with Gasteiger partial charge in [0.25, 0.3) is 0 Å². The molecule has 1 N–H and O–H groups in total. The van der Waals surface area contributed by atoms with Gasteiger partial charge in [0, 0.05) is 37.9 Å². The summed E-state index contributed by atoms with van der Waals surface area (Å²) in [6, 6.07) is 0.606. The Kier molecular flexibility index (Phi) is 6.49. The van der Waals surface area contributed by atoms with Crippen molar-refractivity contribution in [2.45, 2.75) is 38.3 Å². The third kappa shape index (κ3) is 4.13. The van der Waals surface area contributed by atoms with Crippen LogP contribution in [0.5, 0.6) is 0 Å². The first-order chi connectivity index (χ1) is 10.3. The molecule has 2 aliphatic rings. The topological polar surface area (TPSA) is 54.7 Å². The Morgan fingerprint density at radius 1 is 1.50 bits per heavy atom. The monoisotopic (exact) mass is 419 g/mol. The highest BCUT2D eigenvalue weighted by Gasteiger charge is 2.27. The van der Waals surface area contributed by atoms with Crippen molar-refractivity contribution in [2.24, 2.45) is 12.0 Å². The number of morpholine rings is 1. The number of nitrogens with zero attached hydrogens (tertiary/aromatic N) is 4. The summed E-state index contributed by atoms with van der Waals surface area (Å²) in [6.07, 6.45) is 7.86. The highest BCUT2D eigenvalue weighted by atomic mass is 127. The quantitative estimate of drug-likeness (QED) is 0.462. The molecular weight excluding hydrogens is 393 g/mol. The normalized spacial score (nSPS) is 22.9. The lowest BCUT2D eigenvalue weighted by Gasteiger charge is -2.38. The van der Waals surface area contributed by atoms with E-state index < -0.39 is 0 Å². The van der Waals surface area contributed by atoms with E-state index >= 15 is 0 Å². The summed E-state index contributed by atoms with van der Waals surface area (Å²) < 4.78 is 7.73. The van der Waals surface area contributed by atoms with Crippen LogP contribution in [0.2, 0.25) is 0 Å². The van der Waals surface area contributed by atoms with Crippen LogP contribution in [0.25, 0.3) is 0 Å². The zero-order chi connectivity index (χ0) is 14.7. The fraction of sp³-hybridized carbons (Fsp3) is 0.733. The molecule has 2 fully saturated rings. The molecule has 1 unspecified atom stereocenters. The Morgan fingerprint density at radius 2 is 2.32 bits per heavy atom. The van der Waals surface area contributed by atoms with Crippen molar-refractivity contribution >= 4 is 29.9 Å². The van der Waals surface area contributed by atoms with Gasteiger partial charge in [0.15, 0.2) is 5.96 Å². The second-order valence-electron chi connectivity index (χ2n) is 5.82. The molecule has 1 saturated carbocycles. The van der Waals surface area contributed by atoms with Gasteiger partial charge in [-0.2, -0.15) is 5.10 Å². The van der Waals surface area contributed by atoms with Gasteiger partial charge < -0.3 is 15.0 Å². The molecule has 1 aromatic heterocycles. The Labute approximate surface area is 149 Å². The number of halogens is 1. The highest BCUT2D eigenvalue weighted by molar-refractivity contribution is 14.0. The molecule has 1 saturated heterocycles. The second kappa shape index (κ2) is 8.14. The Morgan fingerprint density at radius 3 is 2.91 bits per heavy atom. The molecule has 1 aliphatic carbocycles. The highest BCUT2D eigenvalue weighted by Crippen LogP contribution is 2.23. The Bertz CT molecular complexity index is 500. The SMILES string of the molecule is CCN=C(NC1CCC1)N1CCOC(c2cnn(C)c2)C1.I. The van der Waals surface area contributed by atoms with Crippen molar-refractivity contribution in [3.8, 4) is 0 Å². The minimum absolute atomic E-state index is 0. The van der Waals surface area contributed by atoms with Gasteiger partial charge in [-0.3, -0.25) is 9.67 Å². The van der Waals surface area contributed by atoms with Crippen molar-refractivity contribution in [1.29, 1.82) is 0 Å². The standard InChI is InChI=1S/C15H25N5O.HI/c1-3-16-15(18-13-5-4-6-13)20-7-8-21-14(11-20)12-9-17-19(2)10-12;/h9-10,13-14H,3-8,11H2,1-2H3,(H,16,18);1H. The van der Waals surface area contributed by atoms with Gasteiger partial charge in [-0.25, -0.2) is 0 Å².